The Labute approximate surface area is 135 Å². The van der Waals surface area contributed by atoms with Crippen molar-refractivity contribution in [3.8, 4) is 0 Å². The highest BCUT2D eigenvalue weighted by molar-refractivity contribution is 5.68. The van der Waals surface area contributed by atoms with E-state index in [2.05, 4.69) is 29.3 Å². The topological polar surface area (TPSA) is 55.7 Å². The Morgan fingerprint density at radius 3 is 1.86 bits per heavy atom. The van der Waals surface area contributed by atoms with Crippen LogP contribution in [0.4, 0.5) is 0 Å². The SMILES string of the molecule is CCCCCCCC/C=C\CCCCCCCC(=O)ON=O. The standard InChI is InChI=1S/C18H33NO3/c1-2-3-4-5-6-7-8-9-10-11-12-13-14-15-16-17-18(20)22-19-21/h9-10H,2-8,11-17H2,1H3/b10-9-. The third-order valence-electron chi connectivity index (χ3n) is 3.78. The zero-order valence-electron chi connectivity index (χ0n) is 14.2. The molecule has 0 spiro atoms. The van der Waals surface area contributed by atoms with Crippen molar-refractivity contribution in [1.82, 2.24) is 0 Å². The molecule has 0 saturated carbocycles. The van der Waals surface area contributed by atoms with Crippen LogP contribution < -0.4 is 0 Å². The van der Waals surface area contributed by atoms with E-state index in [-0.39, 0.29) is 0 Å². The Balaban J connectivity index is 3.14. The highest BCUT2D eigenvalue weighted by Gasteiger charge is 2.02. The van der Waals surface area contributed by atoms with Crippen LogP contribution in [0.2, 0.25) is 0 Å². The molecule has 4 nitrogen and oxygen atoms in total. The first-order chi connectivity index (χ1) is 10.8. The molecule has 22 heavy (non-hydrogen) atoms. The minimum atomic E-state index is -0.521. The normalized spacial score (nSPS) is 11.0. The maximum Gasteiger partial charge on any atom is 0.338 e. The van der Waals surface area contributed by atoms with E-state index in [9.17, 15) is 9.70 Å². The molecule has 0 bridgehead atoms. The molecule has 0 heterocycles. The van der Waals surface area contributed by atoms with Crippen molar-refractivity contribution in [2.24, 2.45) is 5.34 Å². The van der Waals surface area contributed by atoms with Gasteiger partial charge in [-0.15, -0.1) is 4.91 Å². The number of hydrogen-bond donors (Lipinski definition) is 0. The van der Waals surface area contributed by atoms with Crippen LogP contribution in [0.15, 0.2) is 17.5 Å². The fourth-order valence-corrected chi connectivity index (χ4v) is 2.43. The molecule has 0 atom stereocenters. The molecule has 0 amide bonds. The van der Waals surface area contributed by atoms with Gasteiger partial charge in [0, 0.05) is 6.42 Å². The van der Waals surface area contributed by atoms with Gasteiger partial charge in [0.05, 0.1) is 0 Å². The van der Waals surface area contributed by atoms with Gasteiger partial charge in [-0.2, -0.15) is 0 Å². The summed E-state index contributed by atoms with van der Waals surface area (Å²) >= 11 is 0. The van der Waals surface area contributed by atoms with E-state index in [0.717, 1.165) is 25.7 Å². The molecule has 0 unspecified atom stereocenters. The highest BCUT2D eigenvalue weighted by Crippen LogP contribution is 2.10. The van der Waals surface area contributed by atoms with Crippen molar-refractivity contribution >= 4 is 5.97 Å². The molecular formula is C18H33NO3. The van der Waals surface area contributed by atoms with Gasteiger partial charge in [0.1, 0.15) is 0 Å². The minimum absolute atomic E-state index is 0.296. The zero-order valence-corrected chi connectivity index (χ0v) is 14.2. The van der Waals surface area contributed by atoms with E-state index in [4.69, 9.17) is 0 Å². The summed E-state index contributed by atoms with van der Waals surface area (Å²) in [6.45, 7) is 2.25. The number of carbonyl (C=O) groups is 1. The van der Waals surface area contributed by atoms with Crippen LogP contribution in [0.1, 0.15) is 96.8 Å². The predicted molar refractivity (Wildman–Crippen MR) is 91.3 cm³/mol. The summed E-state index contributed by atoms with van der Waals surface area (Å²) in [5.74, 6) is -0.521. The average Bonchev–Trinajstić information content (AvgIpc) is 2.51. The summed E-state index contributed by atoms with van der Waals surface area (Å²) in [6.07, 6.45) is 20.8. The van der Waals surface area contributed by atoms with Crippen molar-refractivity contribution in [3.63, 3.8) is 0 Å². The van der Waals surface area contributed by atoms with Gasteiger partial charge in [-0.3, -0.25) is 4.84 Å². The van der Waals surface area contributed by atoms with Gasteiger partial charge in [-0.25, -0.2) is 4.79 Å². The molecule has 0 saturated heterocycles. The van der Waals surface area contributed by atoms with Crippen molar-refractivity contribution in [1.29, 1.82) is 0 Å². The number of carbonyl (C=O) groups excluding carboxylic acids is 1. The average molecular weight is 311 g/mol. The maximum absolute atomic E-state index is 10.9. The van der Waals surface area contributed by atoms with Gasteiger partial charge in [0.2, 0.25) is 0 Å². The molecule has 0 aliphatic heterocycles. The predicted octanol–water partition coefficient (Wildman–Crippen LogP) is 6.25. The lowest BCUT2D eigenvalue weighted by Gasteiger charge is -1.99. The van der Waals surface area contributed by atoms with E-state index in [1.54, 1.807) is 0 Å². The minimum Gasteiger partial charge on any atom is -0.285 e. The maximum atomic E-state index is 10.9. The van der Waals surface area contributed by atoms with Crippen molar-refractivity contribution in [2.45, 2.75) is 96.8 Å². The quantitative estimate of drug-likeness (QED) is 0.146. The Morgan fingerprint density at radius 1 is 0.818 bits per heavy atom. The largest absolute Gasteiger partial charge is 0.338 e. The Bertz CT molecular complexity index is 290. The molecule has 0 aliphatic carbocycles. The lowest BCUT2D eigenvalue weighted by molar-refractivity contribution is -0.144. The Hall–Kier alpha value is -1.19. The molecule has 4 heteroatoms. The van der Waals surface area contributed by atoms with Gasteiger partial charge in [0.15, 0.2) is 5.34 Å². The van der Waals surface area contributed by atoms with Crippen LogP contribution >= 0.6 is 0 Å². The second-order valence-electron chi connectivity index (χ2n) is 5.87. The van der Waals surface area contributed by atoms with Crippen LogP contribution in [-0.4, -0.2) is 5.97 Å². The van der Waals surface area contributed by atoms with Crippen molar-refractivity contribution in [3.05, 3.63) is 17.1 Å². The molecule has 0 aliphatic rings. The second kappa shape index (κ2) is 17.9. The molecule has 0 aromatic rings. The third-order valence-corrected chi connectivity index (χ3v) is 3.78. The summed E-state index contributed by atoms with van der Waals surface area (Å²) < 4.78 is 0. The summed E-state index contributed by atoms with van der Waals surface area (Å²) in [6, 6.07) is 0. The van der Waals surface area contributed by atoms with Crippen molar-refractivity contribution in [2.75, 3.05) is 0 Å². The number of hydrogen-bond acceptors (Lipinski definition) is 4. The van der Waals surface area contributed by atoms with Gasteiger partial charge >= 0.3 is 5.97 Å². The second-order valence-corrected chi connectivity index (χ2v) is 5.87. The summed E-state index contributed by atoms with van der Waals surface area (Å²) in [7, 11) is 0. The molecular weight excluding hydrogens is 278 g/mol. The van der Waals surface area contributed by atoms with E-state index >= 15 is 0 Å². The summed E-state index contributed by atoms with van der Waals surface area (Å²) in [4.78, 5) is 24.5. The summed E-state index contributed by atoms with van der Waals surface area (Å²) in [5, 5.41) is 2.12. The first-order valence-corrected chi connectivity index (χ1v) is 8.98. The van der Waals surface area contributed by atoms with Crippen molar-refractivity contribution < 1.29 is 9.63 Å². The monoisotopic (exact) mass is 311 g/mol. The number of unbranched alkanes of at least 4 members (excludes halogenated alkanes) is 11. The molecule has 0 N–H and O–H groups in total. The molecule has 0 aromatic carbocycles. The number of nitrogens with zero attached hydrogens (tertiary/aromatic N) is 1. The Kier molecular flexibility index (Phi) is 16.9. The fourth-order valence-electron chi connectivity index (χ4n) is 2.43. The molecule has 128 valence electrons. The molecule has 0 rings (SSSR count). The van der Waals surface area contributed by atoms with E-state index in [0.29, 0.717) is 6.42 Å². The highest BCUT2D eigenvalue weighted by atomic mass is 16.7. The number of allylic oxidation sites excluding steroid dienone is 2. The van der Waals surface area contributed by atoms with Crippen LogP contribution in [0.25, 0.3) is 0 Å². The first kappa shape index (κ1) is 20.8. The van der Waals surface area contributed by atoms with Gasteiger partial charge in [0.25, 0.3) is 0 Å². The smallest absolute Gasteiger partial charge is 0.285 e. The van der Waals surface area contributed by atoms with Gasteiger partial charge in [-0.1, -0.05) is 70.4 Å². The van der Waals surface area contributed by atoms with Crippen LogP contribution in [0, 0.1) is 4.91 Å². The van der Waals surface area contributed by atoms with Crippen LogP contribution in [0.5, 0.6) is 0 Å². The third kappa shape index (κ3) is 16.9. The molecule has 0 fully saturated rings. The fraction of sp³-hybridized carbons (Fsp3) is 0.833. The first-order valence-electron chi connectivity index (χ1n) is 8.98. The Morgan fingerprint density at radius 2 is 1.32 bits per heavy atom. The van der Waals surface area contributed by atoms with Crippen LogP contribution in [-0.2, 0) is 9.63 Å². The van der Waals surface area contributed by atoms with E-state index in [1.165, 1.54) is 57.8 Å². The van der Waals surface area contributed by atoms with Crippen LogP contribution in [0.3, 0.4) is 0 Å². The lowest BCUT2D eigenvalue weighted by atomic mass is 10.1. The lowest BCUT2D eigenvalue weighted by Crippen LogP contribution is -1.98. The van der Waals surface area contributed by atoms with E-state index < -0.39 is 5.97 Å². The zero-order chi connectivity index (χ0) is 16.3. The van der Waals surface area contributed by atoms with E-state index in [1.807, 2.05) is 0 Å². The molecule has 0 radical (unpaired) electrons. The van der Waals surface area contributed by atoms with Gasteiger partial charge in [-0.05, 0) is 32.1 Å². The van der Waals surface area contributed by atoms with Gasteiger partial charge < -0.3 is 0 Å². The molecule has 0 aromatic heterocycles. The summed E-state index contributed by atoms with van der Waals surface area (Å²) in [5.41, 5.74) is 0. The number of rotatable bonds is 16.